The van der Waals surface area contributed by atoms with E-state index in [1.54, 1.807) is 19.9 Å². The summed E-state index contributed by atoms with van der Waals surface area (Å²) in [5.41, 5.74) is 2.49. The van der Waals surface area contributed by atoms with Gasteiger partial charge in [-0.1, -0.05) is 37.0 Å². The molecule has 0 bridgehead atoms. The first kappa shape index (κ1) is 21.4. The van der Waals surface area contributed by atoms with Crippen LogP contribution in [0.25, 0.3) is 11.2 Å². The highest BCUT2D eigenvalue weighted by Gasteiger charge is 2.21. The fourth-order valence-corrected chi connectivity index (χ4v) is 4.08. The molecule has 166 valence electrons. The first-order valence-electron chi connectivity index (χ1n) is 11.0. The molecule has 0 spiro atoms. The summed E-state index contributed by atoms with van der Waals surface area (Å²) in [6, 6.07) is 5.93. The van der Waals surface area contributed by atoms with Crippen molar-refractivity contribution in [1.82, 2.24) is 19.5 Å². The number of aliphatic hydroxyl groups is 1. The molecular weight excluding hydrogens is 392 g/mol. The first-order chi connectivity index (χ1) is 14.8. The zero-order valence-electron chi connectivity index (χ0n) is 18.5. The van der Waals surface area contributed by atoms with Gasteiger partial charge in [-0.25, -0.2) is 4.98 Å². The smallest absolute Gasteiger partial charge is 0.226 e. The molecule has 0 amide bonds. The van der Waals surface area contributed by atoms with Crippen LogP contribution in [0.3, 0.4) is 0 Å². The summed E-state index contributed by atoms with van der Waals surface area (Å²) in [7, 11) is 0. The maximum absolute atomic E-state index is 10.2. The van der Waals surface area contributed by atoms with Crippen LogP contribution in [-0.2, 0) is 6.54 Å². The van der Waals surface area contributed by atoms with E-state index < -0.39 is 5.60 Å². The van der Waals surface area contributed by atoms with E-state index >= 15 is 0 Å². The maximum atomic E-state index is 10.2. The molecule has 1 saturated carbocycles. The van der Waals surface area contributed by atoms with Gasteiger partial charge in [-0.2, -0.15) is 9.97 Å². The van der Waals surface area contributed by atoms with Crippen LogP contribution in [0.5, 0.6) is 5.75 Å². The molecule has 2 aromatic heterocycles. The molecule has 0 radical (unpaired) electrons. The highest BCUT2D eigenvalue weighted by atomic mass is 16.3. The van der Waals surface area contributed by atoms with Gasteiger partial charge in [0.2, 0.25) is 5.95 Å². The summed E-state index contributed by atoms with van der Waals surface area (Å²) in [6.07, 6.45) is 7.84. The second kappa shape index (κ2) is 8.70. The van der Waals surface area contributed by atoms with Crippen molar-refractivity contribution in [2.24, 2.45) is 0 Å². The van der Waals surface area contributed by atoms with E-state index in [-0.39, 0.29) is 5.75 Å². The van der Waals surface area contributed by atoms with Crippen LogP contribution in [0.15, 0.2) is 24.5 Å². The SMILES string of the molecule is Cc1ccc(O)c(CNc2nc(NCC(C)(C)O)nc3c2ncn3C2CCCCC2)c1. The Bertz CT molecular complexity index is 1050. The van der Waals surface area contributed by atoms with Crippen LogP contribution in [-0.4, -0.2) is 41.9 Å². The van der Waals surface area contributed by atoms with Gasteiger partial charge in [0.05, 0.1) is 11.9 Å². The molecular formula is C23H32N6O2. The number of aromatic hydroxyl groups is 1. The highest BCUT2D eigenvalue weighted by Crippen LogP contribution is 2.32. The number of imidazole rings is 1. The van der Waals surface area contributed by atoms with Crippen molar-refractivity contribution in [3.05, 3.63) is 35.7 Å². The average Bonchev–Trinajstić information content (AvgIpc) is 3.17. The number of benzene rings is 1. The number of fused-ring (bicyclic) bond motifs is 1. The number of nitrogens with one attached hydrogen (secondary N) is 2. The second-order valence-corrected chi connectivity index (χ2v) is 9.16. The van der Waals surface area contributed by atoms with E-state index in [0.717, 1.165) is 29.6 Å². The minimum absolute atomic E-state index is 0.247. The molecule has 3 aromatic rings. The summed E-state index contributed by atoms with van der Waals surface area (Å²) in [6.45, 7) is 6.22. The largest absolute Gasteiger partial charge is 0.508 e. The lowest BCUT2D eigenvalue weighted by Gasteiger charge is -2.23. The van der Waals surface area contributed by atoms with Gasteiger partial charge in [-0.05, 0) is 39.7 Å². The van der Waals surface area contributed by atoms with Gasteiger partial charge in [0.25, 0.3) is 0 Å². The summed E-state index contributed by atoms with van der Waals surface area (Å²) in [4.78, 5) is 14.0. The number of rotatable bonds is 7. The quantitative estimate of drug-likeness (QED) is 0.451. The predicted molar refractivity (Wildman–Crippen MR) is 122 cm³/mol. The predicted octanol–water partition coefficient (Wildman–Crippen LogP) is 4.14. The van der Waals surface area contributed by atoms with Gasteiger partial charge in [0.1, 0.15) is 5.75 Å². The molecule has 1 aromatic carbocycles. The number of hydrogen-bond acceptors (Lipinski definition) is 7. The van der Waals surface area contributed by atoms with E-state index in [9.17, 15) is 10.2 Å². The standard InChI is InChI=1S/C23H32N6O2/c1-15-9-10-18(30)16(11-15)12-24-20-19-21(28-22(27-20)25-13-23(2,3)31)29(14-26-19)17-7-5-4-6-8-17/h9-11,14,17,30-31H,4-8,12-13H2,1-3H3,(H2,24,25,27,28). The topological polar surface area (TPSA) is 108 Å². The Labute approximate surface area is 182 Å². The summed E-state index contributed by atoms with van der Waals surface area (Å²) < 4.78 is 2.17. The Morgan fingerprint density at radius 1 is 1.13 bits per heavy atom. The van der Waals surface area contributed by atoms with E-state index in [1.807, 2.05) is 25.4 Å². The third kappa shape index (κ3) is 5.07. The van der Waals surface area contributed by atoms with Crippen LogP contribution in [0.2, 0.25) is 0 Å². The van der Waals surface area contributed by atoms with Crippen LogP contribution in [0.1, 0.15) is 63.1 Å². The van der Waals surface area contributed by atoms with E-state index in [1.165, 1.54) is 19.3 Å². The Kier molecular flexibility index (Phi) is 6.00. The highest BCUT2D eigenvalue weighted by molar-refractivity contribution is 5.84. The van der Waals surface area contributed by atoms with E-state index in [0.29, 0.717) is 36.4 Å². The minimum atomic E-state index is -0.886. The Morgan fingerprint density at radius 3 is 2.65 bits per heavy atom. The monoisotopic (exact) mass is 424 g/mol. The molecule has 1 aliphatic rings. The van der Waals surface area contributed by atoms with Crippen molar-refractivity contribution in [3.63, 3.8) is 0 Å². The molecule has 1 fully saturated rings. The van der Waals surface area contributed by atoms with Crippen molar-refractivity contribution < 1.29 is 10.2 Å². The molecule has 4 N–H and O–H groups in total. The van der Waals surface area contributed by atoms with Gasteiger partial charge >= 0.3 is 0 Å². The second-order valence-electron chi connectivity index (χ2n) is 9.16. The molecule has 0 aliphatic heterocycles. The van der Waals surface area contributed by atoms with Crippen molar-refractivity contribution in [2.45, 2.75) is 71.1 Å². The fraction of sp³-hybridized carbons (Fsp3) is 0.522. The number of aromatic nitrogens is 4. The average molecular weight is 425 g/mol. The fourth-order valence-electron chi connectivity index (χ4n) is 4.08. The lowest BCUT2D eigenvalue weighted by atomic mass is 9.95. The van der Waals surface area contributed by atoms with Gasteiger partial charge in [-0.15, -0.1) is 0 Å². The number of nitrogens with zero attached hydrogens (tertiary/aromatic N) is 4. The third-order valence-electron chi connectivity index (χ3n) is 5.75. The summed E-state index contributed by atoms with van der Waals surface area (Å²) >= 11 is 0. The number of phenols is 1. The van der Waals surface area contributed by atoms with Crippen molar-refractivity contribution in [1.29, 1.82) is 0 Å². The van der Waals surface area contributed by atoms with Crippen LogP contribution in [0, 0.1) is 6.92 Å². The Balaban J connectivity index is 1.68. The Hall–Kier alpha value is -2.87. The number of phenolic OH excluding ortho intramolecular Hbond substituents is 1. The van der Waals surface area contributed by atoms with E-state index in [2.05, 4.69) is 25.2 Å². The van der Waals surface area contributed by atoms with Crippen LogP contribution >= 0.6 is 0 Å². The molecule has 0 unspecified atom stereocenters. The van der Waals surface area contributed by atoms with Gasteiger partial charge < -0.3 is 25.4 Å². The lowest BCUT2D eigenvalue weighted by molar-refractivity contribution is 0.0943. The Morgan fingerprint density at radius 2 is 1.90 bits per heavy atom. The molecule has 8 heteroatoms. The van der Waals surface area contributed by atoms with Crippen LogP contribution in [0.4, 0.5) is 11.8 Å². The third-order valence-corrected chi connectivity index (χ3v) is 5.75. The normalized spacial score (nSPS) is 15.4. The van der Waals surface area contributed by atoms with Gasteiger partial charge in [0.15, 0.2) is 17.0 Å². The van der Waals surface area contributed by atoms with Crippen molar-refractivity contribution in [3.8, 4) is 5.75 Å². The van der Waals surface area contributed by atoms with Gasteiger partial charge in [-0.3, -0.25) is 0 Å². The summed E-state index contributed by atoms with van der Waals surface area (Å²) in [5.74, 6) is 1.30. The molecule has 0 saturated heterocycles. The maximum Gasteiger partial charge on any atom is 0.226 e. The molecule has 1 aliphatic carbocycles. The first-order valence-corrected chi connectivity index (χ1v) is 11.0. The lowest BCUT2D eigenvalue weighted by Crippen LogP contribution is -2.30. The number of anilines is 2. The zero-order chi connectivity index (χ0) is 22.0. The van der Waals surface area contributed by atoms with Crippen molar-refractivity contribution in [2.75, 3.05) is 17.2 Å². The van der Waals surface area contributed by atoms with E-state index in [4.69, 9.17) is 4.98 Å². The molecule has 4 rings (SSSR count). The molecule has 31 heavy (non-hydrogen) atoms. The van der Waals surface area contributed by atoms with Crippen molar-refractivity contribution >= 4 is 22.9 Å². The molecule has 8 nitrogen and oxygen atoms in total. The van der Waals surface area contributed by atoms with Crippen LogP contribution < -0.4 is 10.6 Å². The molecule has 0 atom stereocenters. The number of aryl methyl sites for hydroxylation is 1. The molecule has 2 heterocycles. The van der Waals surface area contributed by atoms with Gasteiger partial charge in [0, 0.05) is 24.7 Å². The minimum Gasteiger partial charge on any atom is -0.508 e. The zero-order valence-corrected chi connectivity index (χ0v) is 18.5. The number of hydrogen-bond donors (Lipinski definition) is 4. The summed E-state index contributed by atoms with van der Waals surface area (Å²) in [5, 5.41) is 26.8.